The summed E-state index contributed by atoms with van der Waals surface area (Å²) in [5, 5.41) is 65.7. The Kier molecular flexibility index (Phi) is 20.4. The Balaban J connectivity index is 2.28. The SMILES string of the molecule is CCCCC(=O)NCCCCCCCCCCCC(=O)N[C@@H](CO[C@H]1OC(CO)[C@H](O)[C@H](O)C1O)[C@H](O)[C@H](O)CC. The second-order valence-corrected chi connectivity index (χ2v) is 11.1. The summed E-state index contributed by atoms with van der Waals surface area (Å²) in [5.74, 6) is -0.163. The van der Waals surface area contributed by atoms with Crippen molar-refractivity contribution in [1.29, 1.82) is 0 Å². The topological polar surface area (TPSA) is 198 Å². The predicted molar refractivity (Wildman–Crippen MR) is 153 cm³/mol. The Morgan fingerprint density at radius 3 is 1.98 bits per heavy atom. The molecule has 242 valence electrons. The van der Waals surface area contributed by atoms with Gasteiger partial charge in [-0.05, 0) is 25.7 Å². The van der Waals surface area contributed by atoms with Crippen LogP contribution < -0.4 is 10.6 Å². The van der Waals surface area contributed by atoms with Crippen molar-refractivity contribution in [1.82, 2.24) is 10.6 Å². The van der Waals surface area contributed by atoms with Gasteiger partial charge in [0.05, 0.1) is 25.4 Å². The zero-order chi connectivity index (χ0) is 30.6. The number of amides is 2. The number of ether oxygens (including phenoxy) is 2. The van der Waals surface area contributed by atoms with E-state index in [0.29, 0.717) is 12.8 Å². The fourth-order valence-electron chi connectivity index (χ4n) is 4.72. The van der Waals surface area contributed by atoms with Crippen LogP contribution in [0.2, 0.25) is 0 Å². The Morgan fingerprint density at radius 1 is 0.805 bits per heavy atom. The second-order valence-electron chi connectivity index (χ2n) is 11.1. The van der Waals surface area contributed by atoms with Crippen molar-refractivity contribution in [2.75, 3.05) is 19.8 Å². The molecule has 1 heterocycles. The molecule has 1 aliphatic heterocycles. The first-order chi connectivity index (χ1) is 19.7. The van der Waals surface area contributed by atoms with Crippen molar-refractivity contribution < 1.29 is 49.7 Å². The molecule has 0 aromatic carbocycles. The lowest BCUT2D eigenvalue weighted by Crippen LogP contribution is -2.60. The van der Waals surface area contributed by atoms with Crippen LogP contribution in [0.15, 0.2) is 0 Å². The quantitative estimate of drug-likeness (QED) is 0.0779. The maximum atomic E-state index is 12.6. The molecular weight excluding hydrogens is 536 g/mol. The van der Waals surface area contributed by atoms with E-state index in [1.54, 1.807) is 6.92 Å². The second kappa shape index (κ2) is 22.2. The molecule has 0 radical (unpaired) electrons. The van der Waals surface area contributed by atoms with Crippen LogP contribution in [0, 0.1) is 0 Å². The molecule has 1 rings (SSSR count). The van der Waals surface area contributed by atoms with Crippen LogP contribution in [0.25, 0.3) is 0 Å². The lowest BCUT2D eigenvalue weighted by molar-refractivity contribution is -0.303. The van der Waals surface area contributed by atoms with E-state index in [1.165, 1.54) is 0 Å². The first-order valence-electron chi connectivity index (χ1n) is 15.5. The van der Waals surface area contributed by atoms with Crippen molar-refractivity contribution in [3.05, 3.63) is 0 Å². The molecule has 1 aliphatic rings. The summed E-state index contributed by atoms with van der Waals surface area (Å²) in [7, 11) is 0. The monoisotopic (exact) mass is 592 g/mol. The predicted octanol–water partition coefficient (Wildman–Crippen LogP) is 0.627. The number of carbonyl (C=O) groups excluding carboxylic acids is 2. The van der Waals surface area contributed by atoms with Crippen LogP contribution in [0.5, 0.6) is 0 Å². The van der Waals surface area contributed by atoms with Gasteiger partial charge in [0.1, 0.15) is 30.5 Å². The number of nitrogens with one attached hydrogen (secondary N) is 2. The molecule has 2 unspecified atom stereocenters. The van der Waals surface area contributed by atoms with Crippen LogP contribution >= 0.6 is 0 Å². The van der Waals surface area contributed by atoms with E-state index in [-0.39, 0.29) is 31.3 Å². The molecule has 1 fully saturated rings. The molecule has 0 aromatic rings. The van der Waals surface area contributed by atoms with E-state index in [1.807, 2.05) is 0 Å². The molecule has 8 N–H and O–H groups in total. The highest BCUT2D eigenvalue weighted by Crippen LogP contribution is 2.22. The first-order valence-corrected chi connectivity index (χ1v) is 15.5. The minimum atomic E-state index is -1.61. The Labute approximate surface area is 244 Å². The highest BCUT2D eigenvalue weighted by atomic mass is 16.7. The fourth-order valence-corrected chi connectivity index (χ4v) is 4.72. The largest absolute Gasteiger partial charge is 0.394 e. The highest BCUT2D eigenvalue weighted by Gasteiger charge is 2.44. The van der Waals surface area contributed by atoms with Crippen LogP contribution in [0.3, 0.4) is 0 Å². The normalized spacial score (nSPS) is 24.9. The van der Waals surface area contributed by atoms with Gasteiger partial charge >= 0.3 is 0 Å². The smallest absolute Gasteiger partial charge is 0.220 e. The van der Waals surface area contributed by atoms with E-state index in [4.69, 9.17) is 9.47 Å². The molecular formula is C29H56N2O10. The number of rotatable bonds is 23. The average Bonchev–Trinajstić information content (AvgIpc) is 2.97. The van der Waals surface area contributed by atoms with Gasteiger partial charge in [0.25, 0.3) is 0 Å². The number of hydrogen-bond acceptors (Lipinski definition) is 10. The van der Waals surface area contributed by atoms with E-state index in [9.17, 15) is 40.2 Å². The summed E-state index contributed by atoms with van der Waals surface area (Å²) in [6.45, 7) is 3.56. The van der Waals surface area contributed by atoms with E-state index < -0.39 is 55.6 Å². The maximum absolute atomic E-state index is 12.6. The third kappa shape index (κ3) is 15.1. The van der Waals surface area contributed by atoms with Gasteiger partial charge in [0, 0.05) is 19.4 Å². The molecule has 41 heavy (non-hydrogen) atoms. The number of aliphatic hydroxyl groups is 6. The molecule has 0 spiro atoms. The van der Waals surface area contributed by atoms with E-state index in [2.05, 4.69) is 17.6 Å². The van der Waals surface area contributed by atoms with Crippen molar-refractivity contribution >= 4 is 11.8 Å². The average molecular weight is 593 g/mol. The maximum Gasteiger partial charge on any atom is 0.220 e. The number of carbonyl (C=O) groups is 2. The van der Waals surface area contributed by atoms with Crippen molar-refractivity contribution in [2.45, 2.75) is 153 Å². The zero-order valence-corrected chi connectivity index (χ0v) is 25.0. The molecule has 0 saturated carbocycles. The summed E-state index contributed by atoms with van der Waals surface area (Å²) in [4.78, 5) is 24.1. The molecule has 12 heteroatoms. The van der Waals surface area contributed by atoms with Gasteiger partial charge < -0.3 is 50.7 Å². The van der Waals surface area contributed by atoms with Crippen molar-refractivity contribution in [2.24, 2.45) is 0 Å². The van der Waals surface area contributed by atoms with Gasteiger partial charge in [-0.15, -0.1) is 0 Å². The molecule has 1 saturated heterocycles. The Morgan fingerprint density at radius 2 is 1.39 bits per heavy atom. The van der Waals surface area contributed by atoms with Crippen molar-refractivity contribution in [3.8, 4) is 0 Å². The summed E-state index contributed by atoms with van der Waals surface area (Å²) >= 11 is 0. The lowest BCUT2D eigenvalue weighted by atomic mass is 9.99. The molecule has 0 aliphatic carbocycles. The van der Waals surface area contributed by atoms with E-state index >= 15 is 0 Å². The third-order valence-corrected chi connectivity index (χ3v) is 7.52. The van der Waals surface area contributed by atoms with Gasteiger partial charge in [-0.3, -0.25) is 9.59 Å². The Hall–Kier alpha value is -1.38. The summed E-state index contributed by atoms with van der Waals surface area (Å²) < 4.78 is 10.8. The van der Waals surface area contributed by atoms with Gasteiger partial charge in [-0.1, -0.05) is 65.2 Å². The standard InChI is InChI=1S/C29H56N2O10/c1-3-5-15-23(34)30-17-14-12-10-8-6-7-9-11-13-16-24(35)31-20(25(36)21(33)4-2)19-40-29-28(39)27(38)26(37)22(18-32)41-29/h20-22,25-29,32-33,36-39H,3-19H2,1-2H3,(H,30,34)(H,31,35)/t20-,21+,22?,25-,26-,27-,28?,29-/m0/s1. The van der Waals surface area contributed by atoms with Crippen LogP contribution in [0.1, 0.15) is 104 Å². The highest BCUT2D eigenvalue weighted by molar-refractivity contribution is 5.76. The minimum absolute atomic E-state index is 0.146. The lowest BCUT2D eigenvalue weighted by Gasteiger charge is -2.40. The zero-order valence-electron chi connectivity index (χ0n) is 25.0. The van der Waals surface area contributed by atoms with Gasteiger partial charge in [0.15, 0.2) is 6.29 Å². The van der Waals surface area contributed by atoms with Crippen LogP contribution in [-0.2, 0) is 19.1 Å². The van der Waals surface area contributed by atoms with E-state index in [0.717, 1.165) is 70.8 Å². The number of hydrogen-bond donors (Lipinski definition) is 8. The third-order valence-electron chi connectivity index (χ3n) is 7.52. The Bertz CT molecular complexity index is 699. The molecule has 12 nitrogen and oxygen atoms in total. The number of aliphatic hydroxyl groups excluding tert-OH is 6. The number of unbranched alkanes of at least 4 members (excludes halogenated alkanes) is 9. The summed E-state index contributed by atoms with van der Waals surface area (Å²) in [6.07, 6.45) is 2.51. The summed E-state index contributed by atoms with van der Waals surface area (Å²) in [6, 6.07) is -1.01. The molecule has 2 amide bonds. The fraction of sp³-hybridized carbons (Fsp3) is 0.931. The van der Waals surface area contributed by atoms with Gasteiger partial charge in [0.2, 0.25) is 11.8 Å². The van der Waals surface area contributed by atoms with Crippen molar-refractivity contribution in [3.63, 3.8) is 0 Å². The summed E-state index contributed by atoms with van der Waals surface area (Å²) in [5.41, 5.74) is 0. The molecule has 0 bridgehead atoms. The van der Waals surface area contributed by atoms with Gasteiger partial charge in [-0.25, -0.2) is 0 Å². The minimum Gasteiger partial charge on any atom is -0.394 e. The van der Waals surface area contributed by atoms with Gasteiger partial charge in [-0.2, -0.15) is 0 Å². The molecule has 8 atom stereocenters. The van der Waals surface area contributed by atoms with Crippen LogP contribution in [0.4, 0.5) is 0 Å². The molecule has 0 aromatic heterocycles. The first kappa shape index (κ1) is 37.6. The van der Waals surface area contributed by atoms with Crippen LogP contribution in [-0.4, -0.2) is 111 Å².